The van der Waals surface area contributed by atoms with E-state index in [0.717, 1.165) is 11.5 Å². The Hall–Kier alpha value is -1.50. The topological polar surface area (TPSA) is 92.2 Å². The number of carbonyl (C=O) groups excluding carboxylic acids is 1. The summed E-state index contributed by atoms with van der Waals surface area (Å²) in [6.45, 7) is 7.01. The predicted molar refractivity (Wildman–Crippen MR) is 67.8 cm³/mol. The molecule has 1 aromatic heterocycles. The third-order valence-electron chi connectivity index (χ3n) is 2.83. The molecule has 0 fully saturated rings. The molecule has 0 aliphatic carbocycles. The second-order valence-corrected chi connectivity index (χ2v) is 5.34. The largest absolute Gasteiger partial charge is 0.480 e. The minimum absolute atomic E-state index is 0.0715. The molecule has 100 valence electrons. The van der Waals surface area contributed by atoms with Crippen LogP contribution in [0, 0.1) is 0 Å². The highest BCUT2D eigenvalue weighted by Crippen LogP contribution is 2.21. The first-order valence-electron chi connectivity index (χ1n) is 5.70. The number of rotatable bonds is 5. The van der Waals surface area contributed by atoms with Crippen molar-refractivity contribution < 1.29 is 14.7 Å². The summed E-state index contributed by atoms with van der Waals surface area (Å²) in [6.07, 6.45) is 0.303. The van der Waals surface area contributed by atoms with Crippen LogP contribution in [0.1, 0.15) is 55.4 Å². The molecule has 18 heavy (non-hydrogen) atoms. The van der Waals surface area contributed by atoms with E-state index < -0.39 is 17.4 Å². The molecule has 0 radical (unpaired) electrons. The van der Waals surface area contributed by atoms with Gasteiger partial charge in [0.2, 0.25) is 0 Å². The molecule has 0 saturated heterocycles. The molecule has 0 bridgehead atoms. The maximum absolute atomic E-state index is 12.1. The van der Waals surface area contributed by atoms with E-state index in [2.05, 4.69) is 14.9 Å². The van der Waals surface area contributed by atoms with Crippen LogP contribution in [0.4, 0.5) is 0 Å². The molecule has 0 saturated carbocycles. The van der Waals surface area contributed by atoms with Gasteiger partial charge in [-0.3, -0.25) is 4.79 Å². The maximum Gasteiger partial charge on any atom is 0.329 e. The predicted octanol–water partition coefficient (Wildman–Crippen LogP) is 1.64. The lowest BCUT2D eigenvalue weighted by atomic mass is 9.99. The van der Waals surface area contributed by atoms with E-state index in [1.807, 2.05) is 13.8 Å². The fourth-order valence-electron chi connectivity index (χ4n) is 1.33. The Balaban J connectivity index is 2.95. The van der Waals surface area contributed by atoms with Crippen molar-refractivity contribution in [1.82, 2.24) is 14.9 Å². The number of nitrogens with one attached hydrogen (secondary N) is 1. The van der Waals surface area contributed by atoms with Crippen LogP contribution >= 0.6 is 11.5 Å². The molecule has 7 heteroatoms. The van der Waals surface area contributed by atoms with Crippen molar-refractivity contribution in [3.8, 4) is 0 Å². The highest BCUT2D eigenvalue weighted by Gasteiger charge is 2.34. The molecule has 2 N–H and O–H groups in total. The molecule has 6 nitrogen and oxygen atoms in total. The van der Waals surface area contributed by atoms with Gasteiger partial charge in [0, 0.05) is 0 Å². The van der Waals surface area contributed by atoms with Crippen molar-refractivity contribution in [1.29, 1.82) is 0 Å². The number of hydrogen-bond donors (Lipinski definition) is 2. The van der Waals surface area contributed by atoms with Gasteiger partial charge >= 0.3 is 5.97 Å². The van der Waals surface area contributed by atoms with Gasteiger partial charge in [-0.25, -0.2) is 4.79 Å². The molecule has 1 atom stereocenters. The number of carbonyl (C=O) groups is 2. The average molecular weight is 271 g/mol. The second-order valence-electron chi connectivity index (χ2n) is 4.59. The Kier molecular flexibility index (Phi) is 4.39. The van der Waals surface area contributed by atoms with Gasteiger partial charge in [0.25, 0.3) is 5.91 Å². The Morgan fingerprint density at radius 1 is 1.50 bits per heavy atom. The first kappa shape index (κ1) is 14.6. The summed E-state index contributed by atoms with van der Waals surface area (Å²) in [5.41, 5.74) is -0.670. The van der Waals surface area contributed by atoms with Crippen molar-refractivity contribution in [2.75, 3.05) is 0 Å². The minimum Gasteiger partial charge on any atom is -0.480 e. The number of aromatic nitrogens is 2. The van der Waals surface area contributed by atoms with Crippen molar-refractivity contribution in [3.05, 3.63) is 10.6 Å². The van der Waals surface area contributed by atoms with Gasteiger partial charge in [-0.2, -0.15) is 0 Å². The molecule has 0 aromatic carbocycles. The van der Waals surface area contributed by atoms with Crippen LogP contribution in [0.25, 0.3) is 0 Å². The summed E-state index contributed by atoms with van der Waals surface area (Å²) < 4.78 is 3.75. The number of aliphatic carboxylic acids is 1. The fourth-order valence-corrected chi connectivity index (χ4v) is 2.05. The lowest BCUT2D eigenvalue weighted by Crippen LogP contribution is -2.51. The van der Waals surface area contributed by atoms with E-state index in [4.69, 9.17) is 5.11 Å². The lowest BCUT2D eigenvalue weighted by molar-refractivity contribution is -0.143. The lowest BCUT2D eigenvalue weighted by Gasteiger charge is -2.24. The number of carboxylic acids is 1. The van der Waals surface area contributed by atoms with Crippen molar-refractivity contribution >= 4 is 23.4 Å². The van der Waals surface area contributed by atoms with Crippen LogP contribution in [0.3, 0.4) is 0 Å². The summed E-state index contributed by atoms with van der Waals surface area (Å²) in [5, 5.41) is 15.5. The molecule has 1 rings (SSSR count). The van der Waals surface area contributed by atoms with Gasteiger partial charge in [-0.1, -0.05) is 25.3 Å². The summed E-state index contributed by atoms with van der Waals surface area (Å²) >= 11 is 0.983. The minimum atomic E-state index is -1.27. The number of hydrogen-bond acceptors (Lipinski definition) is 5. The number of nitrogens with zero attached hydrogens (tertiary/aromatic N) is 2. The summed E-state index contributed by atoms with van der Waals surface area (Å²) in [6, 6.07) is 0. The Labute approximate surface area is 110 Å². The quantitative estimate of drug-likeness (QED) is 0.849. The van der Waals surface area contributed by atoms with Gasteiger partial charge in [0.15, 0.2) is 0 Å². The van der Waals surface area contributed by atoms with Crippen LogP contribution in [0.5, 0.6) is 0 Å². The molecule has 1 amide bonds. The monoisotopic (exact) mass is 271 g/mol. The normalized spacial score (nSPS) is 14.3. The third-order valence-corrected chi connectivity index (χ3v) is 3.58. The van der Waals surface area contributed by atoms with Crippen molar-refractivity contribution in [3.63, 3.8) is 0 Å². The molecule has 0 spiro atoms. The zero-order valence-corrected chi connectivity index (χ0v) is 11.7. The molecular weight excluding hydrogens is 254 g/mol. The maximum atomic E-state index is 12.1. The average Bonchev–Trinajstić information content (AvgIpc) is 2.77. The second kappa shape index (κ2) is 5.43. The van der Waals surface area contributed by atoms with Crippen molar-refractivity contribution in [2.24, 2.45) is 0 Å². The van der Waals surface area contributed by atoms with Crippen LogP contribution in [-0.4, -0.2) is 32.1 Å². The first-order valence-corrected chi connectivity index (χ1v) is 6.47. The van der Waals surface area contributed by atoms with E-state index in [0.29, 0.717) is 17.0 Å². The van der Waals surface area contributed by atoms with E-state index in [1.54, 1.807) is 6.92 Å². The van der Waals surface area contributed by atoms with Gasteiger partial charge in [0.05, 0.1) is 5.69 Å². The van der Waals surface area contributed by atoms with Crippen LogP contribution < -0.4 is 5.32 Å². The molecular formula is C11H17N3O3S. The van der Waals surface area contributed by atoms with E-state index >= 15 is 0 Å². The SMILES string of the molecule is CCC(C)(NC(=O)c1snnc1C(C)C)C(=O)O. The summed E-state index contributed by atoms with van der Waals surface area (Å²) in [5.74, 6) is -1.41. The zero-order valence-electron chi connectivity index (χ0n) is 10.9. The Morgan fingerprint density at radius 3 is 2.56 bits per heavy atom. The van der Waals surface area contributed by atoms with Gasteiger partial charge in [0.1, 0.15) is 10.4 Å². The molecule has 0 aliphatic rings. The fraction of sp³-hybridized carbons (Fsp3) is 0.636. The number of amides is 1. The van der Waals surface area contributed by atoms with Gasteiger partial charge in [-0.15, -0.1) is 5.10 Å². The van der Waals surface area contributed by atoms with Gasteiger partial charge < -0.3 is 10.4 Å². The Morgan fingerprint density at radius 2 is 2.11 bits per heavy atom. The van der Waals surface area contributed by atoms with Crippen LogP contribution in [-0.2, 0) is 4.79 Å². The first-order chi connectivity index (χ1) is 8.31. The van der Waals surface area contributed by atoms with E-state index in [1.165, 1.54) is 6.92 Å². The molecule has 1 aromatic rings. The van der Waals surface area contributed by atoms with Crippen molar-refractivity contribution in [2.45, 2.75) is 45.6 Å². The van der Waals surface area contributed by atoms with E-state index in [9.17, 15) is 9.59 Å². The highest BCUT2D eigenvalue weighted by atomic mass is 32.1. The van der Waals surface area contributed by atoms with Gasteiger partial charge in [-0.05, 0) is 30.8 Å². The molecule has 1 unspecified atom stereocenters. The summed E-state index contributed by atoms with van der Waals surface area (Å²) in [4.78, 5) is 23.6. The Bertz CT molecular complexity index is 458. The standard InChI is InChI=1S/C11H17N3O3S/c1-5-11(4,10(16)17)12-9(15)8-7(6(2)3)13-14-18-8/h6H,5H2,1-4H3,(H,12,15)(H,16,17). The van der Waals surface area contributed by atoms with E-state index in [-0.39, 0.29) is 5.92 Å². The molecule has 1 heterocycles. The smallest absolute Gasteiger partial charge is 0.329 e. The number of carboxylic acid groups (broad SMARTS) is 1. The van der Waals surface area contributed by atoms with Crippen LogP contribution in [0.2, 0.25) is 0 Å². The summed E-state index contributed by atoms with van der Waals surface area (Å²) in [7, 11) is 0. The van der Waals surface area contributed by atoms with Crippen LogP contribution in [0.15, 0.2) is 0 Å². The zero-order chi connectivity index (χ0) is 13.9. The molecule has 0 aliphatic heterocycles. The third kappa shape index (κ3) is 2.84. The highest BCUT2D eigenvalue weighted by molar-refractivity contribution is 7.08.